The molecule has 0 radical (unpaired) electrons. The summed E-state index contributed by atoms with van der Waals surface area (Å²) in [6.07, 6.45) is 0.102. The maximum absolute atomic E-state index is 9.92. The van der Waals surface area contributed by atoms with Gasteiger partial charge in [-0.1, -0.05) is 0 Å². The molecule has 1 aliphatic rings. The number of amides is 2. The van der Waals surface area contributed by atoms with Crippen molar-refractivity contribution in [2.24, 2.45) is 11.5 Å². The third-order valence-electron chi connectivity index (χ3n) is 1.85. The Morgan fingerprint density at radius 3 is 1.73 bits per heavy atom. The van der Waals surface area contributed by atoms with Gasteiger partial charge >= 0.3 is 0 Å². The van der Waals surface area contributed by atoms with Crippen molar-refractivity contribution in [3.8, 4) is 0 Å². The smallest absolute Gasteiger partial charge is 0.217 e. The molecule has 1 saturated heterocycles. The van der Waals surface area contributed by atoms with Gasteiger partial charge in [0.15, 0.2) is 0 Å². The van der Waals surface area contributed by atoms with Gasteiger partial charge in [0, 0.05) is 25.9 Å². The van der Waals surface area contributed by atoms with Crippen LogP contribution in [0.3, 0.4) is 0 Å². The molecule has 15 heavy (non-hydrogen) atoms. The third-order valence-corrected chi connectivity index (χ3v) is 1.85. The van der Waals surface area contributed by atoms with Crippen molar-refractivity contribution in [2.45, 2.75) is 12.8 Å². The molecule has 0 spiro atoms. The van der Waals surface area contributed by atoms with Crippen LogP contribution >= 0.6 is 0 Å². The number of carbonyl (C=O) groups is 2. The average molecular weight is 217 g/mol. The van der Waals surface area contributed by atoms with Crippen molar-refractivity contribution in [1.82, 2.24) is 4.90 Å². The lowest BCUT2D eigenvalue weighted by Gasteiger charge is -2.21. The van der Waals surface area contributed by atoms with Crippen LogP contribution in [0.5, 0.6) is 0 Å². The van der Waals surface area contributed by atoms with Crippen LogP contribution in [0.15, 0.2) is 0 Å². The quantitative estimate of drug-likeness (QED) is 0.613. The first kappa shape index (κ1) is 13.9. The normalized spacial score (nSPS) is 16.3. The number of hydrogen-bond acceptors (Lipinski definition) is 4. The highest BCUT2D eigenvalue weighted by molar-refractivity contribution is 5.81. The lowest BCUT2D eigenvalue weighted by atomic mass is 10.3. The first-order chi connectivity index (χ1) is 7.02. The summed E-state index contributed by atoms with van der Waals surface area (Å²) in [6.45, 7) is 4.02. The Morgan fingerprint density at radius 1 is 1.13 bits per heavy atom. The van der Waals surface area contributed by atoms with E-state index in [-0.39, 0.29) is 12.8 Å². The number of nitrogens with zero attached hydrogens (tertiary/aromatic N) is 1. The number of likely N-dealkylation sites (N-methyl/N-ethyl adjacent to an activating group) is 1. The molecular weight excluding hydrogens is 198 g/mol. The van der Waals surface area contributed by atoms with Gasteiger partial charge in [0.05, 0.1) is 13.2 Å². The minimum atomic E-state index is -0.496. The number of primary amides is 2. The predicted molar refractivity (Wildman–Crippen MR) is 55.9 cm³/mol. The second-order valence-electron chi connectivity index (χ2n) is 3.35. The van der Waals surface area contributed by atoms with E-state index >= 15 is 0 Å². The molecule has 2 amide bonds. The Labute approximate surface area is 89.5 Å². The first-order valence-electron chi connectivity index (χ1n) is 4.85. The van der Waals surface area contributed by atoms with E-state index in [1.165, 1.54) is 0 Å². The van der Waals surface area contributed by atoms with E-state index in [2.05, 4.69) is 11.9 Å². The molecule has 0 aromatic rings. The fraction of sp³-hybridized carbons (Fsp3) is 0.778. The monoisotopic (exact) mass is 217 g/mol. The molecule has 1 heterocycles. The van der Waals surface area contributed by atoms with Crippen molar-refractivity contribution in [2.75, 3.05) is 33.4 Å². The Hall–Kier alpha value is -1.14. The molecule has 6 heteroatoms. The summed E-state index contributed by atoms with van der Waals surface area (Å²) in [5.41, 5.74) is 9.39. The van der Waals surface area contributed by atoms with Gasteiger partial charge in [0.1, 0.15) is 0 Å². The summed E-state index contributed by atoms with van der Waals surface area (Å²) < 4.78 is 5.10. The van der Waals surface area contributed by atoms with Crippen LogP contribution in [0.4, 0.5) is 0 Å². The lowest BCUT2D eigenvalue weighted by Crippen LogP contribution is -2.32. The molecule has 0 atom stereocenters. The molecule has 1 aliphatic heterocycles. The Balaban J connectivity index is 0.000000262. The second kappa shape index (κ2) is 8.19. The predicted octanol–water partition coefficient (Wildman–Crippen LogP) is -1.31. The van der Waals surface area contributed by atoms with Crippen molar-refractivity contribution in [3.63, 3.8) is 0 Å². The topological polar surface area (TPSA) is 98.7 Å². The van der Waals surface area contributed by atoms with E-state index in [9.17, 15) is 9.59 Å². The molecule has 0 aromatic carbocycles. The number of morpholine rings is 1. The van der Waals surface area contributed by atoms with Crippen molar-refractivity contribution in [1.29, 1.82) is 0 Å². The van der Waals surface area contributed by atoms with Gasteiger partial charge in [0.25, 0.3) is 0 Å². The molecule has 0 aromatic heterocycles. The molecule has 0 unspecified atom stereocenters. The van der Waals surface area contributed by atoms with E-state index in [0.29, 0.717) is 0 Å². The van der Waals surface area contributed by atoms with Crippen LogP contribution in [0.25, 0.3) is 0 Å². The molecule has 0 saturated carbocycles. The van der Waals surface area contributed by atoms with E-state index < -0.39 is 11.8 Å². The van der Waals surface area contributed by atoms with E-state index in [0.717, 1.165) is 26.3 Å². The van der Waals surface area contributed by atoms with Crippen molar-refractivity contribution >= 4 is 11.8 Å². The van der Waals surface area contributed by atoms with Crippen molar-refractivity contribution in [3.05, 3.63) is 0 Å². The standard InChI is InChI=1S/C5H11NO.C4H8N2O2/c1-6-2-4-7-5-3-6;5-3(7)1-2-4(6)8/h2-5H2,1H3;1-2H2,(H2,5,7)(H2,6,8). The number of nitrogens with two attached hydrogens (primary N) is 2. The van der Waals surface area contributed by atoms with E-state index in [1.54, 1.807) is 0 Å². The third kappa shape index (κ3) is 10.8. The molecule has 6 nitrogen and oxygen atoms in total. The van der Waals surface area contributed by atoms with E-state index in [1.807, 2.05) is 0 Å². The molecule has 88 valence electrons. The lowest BCUT2D eigenvalue weighted by molar-refractivity contribution is -0.123. The summed E-state index contributed by atoms with van der Waals surface area (Å²) in [6, 6.07) is 0. The SMILES string of the molecule is CN1CCOCC1.NC(=O)CCC(N)=O. The van der Waals surface area contributed by atoms with Gasteiger partial charge in [-0.3, -0.25) is 9.59 Å². The van der Waals surface area contributed by atoms with Crippen LogP contribution < -0.4 is 11.5 Å². The largest absolute Gasteiger partial charge is 0.379 e. The fourth-order valence-corrected chi connectivity index (χ4v) is 0.901. The minimum absolute atomic E-state index is 0.0509. The Morgan fingerprint density at radius 2 is 1.53 bits per heavy atom. The molecule has 4 N–H and O–H groups in total. The summed E-state index contributed by atoms with van der Waals surface area (Å²) >= 11 is 0. The Kier molecular flexibility index (Phi) is 7.57. The highest BCUT2D eigenvalue weighted by Crippen LogP contribution is 1.89. The van der Waals surface area contributed by atoms with Gasteiger partial charge in [0.2, 0.25) is 11.8 Å². The molecule has 0 aliphatic carbocycles. The highest BCUT2D eigenvalue weighted by atomic mass is 16.5. The van der Waals surface area contributed by atoms with Crippen LogP contribution in [0.2, 0.25) is 0 Å². The number of ether oxygens (including phenoxy) is 1. The molecule has 1 rings (SSSR count). The van der Waals surface area contributed by atoms with Crippen LogP contribution in [0, 0.1) is 0 Å². The first-order valence-corrected chi connectivity index (χ1v) is 4.85. The van der Waals surface area contributed by atoms with Gasteiger partial charge in [-0.25, -0.2) is 0 Å². The van der Waals surface area contributed by atoms with Crippen molar-refractivity contribution < 1.29 is 14.3 Å². The van der Waals surface area contributed by atoms with Gasteiger partial charge in [-0.2, -0.15) is 0 Å². The minimum Gasteiger partial charge on any atom is -0.379 e. The zero-order chi connectivity index (χ0) is 11.7. The molecule has 1 fully saturated rings. The van der Waals surface area contributed by atoms with Crippen LogP contribution in [-0.2, 0) is 14.3 Å². The van der Waals surface area contributed by atoms with Crippen LogP contribution in [-0.4, -0.2) is 50.1 Å². The number of carbonyl (C=O) groups excluding carboxylic acids is 2. The Bertz CT molecular complexity index is 189. The second-order valence-corrected chi connectivity index (χ2v) is 3.35. The summed E-state index contributed by atoms with van der Waals surface area (Å²) in [7, 11) is 2.11. The van der Waals surface area contributed by atoms with Gasteiger partial charge < -0.3 is 21.1 Å². The van der Waals surface area contributed by atoms with Crippen LogP contribution in [0.1, 0.15) is 12.8 Å². The van der Waals surface area contributed by atoms with E-state index in [4.69, 9.17) is 16.2 Å². The maximum Gasteiger partial charge on any atom is 0.217 e. The van der Waals surface area contributed by atoms with Gasteiger partial charge in [-0.05, 0) is 7.05 Å². The molecule has 0 bridgehead atoms. The van der Waals surface area contributed by atoms with Gasteiger partial charge in [-0.15, -0.1) is 0 Å². The summed E-state index contributed by atoms with van der Waals surface area (Å²) in [5, 5.41) is 0. The zero-order valence-corrected chi connectivity index (χ0v) is 9.07. The maximum atomic E-state index is 9.92. The zero-order valence-electron chi connectivity index (χ0n) is 9.07. The number of hydrogen-bond donors (Lipinski definition) is 2. The summed E-state index contributed by atoms with van der Waals surface area (Å²) in [5.74, 6) is -0.993. The average Bonchev–Trinajstić information content (AvgIpc) is 2.17. The highest BCUT2D eigenvalue weighted by Gasteiger charge is 2.02. The molecular formula is C9H19N3O3. The fourth-order valence-electron chi connectivity index (χ4n) is 0.901. The summed E-state index contributed by atoms with van der Waals surface area (Å²) in [4.78, 5) is 22.1. The number of rotatable bonds is 3.